The van der Waals surface area contributed by atoms with Gasteiger partial charge in [0.15, 0.2) is 11.5 Å². The number of hydrogen-bond donors (Lipinski definition) is 1. The number of thiophene rings is 1. The Morgan fingerprint density at radius 3 is 2.65 bits per heavy atom. The number of anilines is 1. The monoisotopic (exact) mass is 375 g/mol. The van der Waals surface area contributed by atoms with E-state index in [1.807, 2.05) is 13.8 Å². The number of benzene rings is 1. The van der Waals surface area contributed by atoms with Gasteiger partial charge in [-0.1, -0.05) is 0 Å². The predicted octanol–water partition coefficient (Wildman–Crippen LogP) is 3.96. The Labute approximate surface area is 156 Å². The zero-order chi connectivity index (χ0) is 18.7. The van der Waals surface area contributed by atoms with Crippen LogP contribution in [-0.4, -0.2) is 31.7 Å². The van der Waals surface area contributed by atoms with E-state index in [0.29, 0.717) is 40.8 Å². The van der Waals surface area contributed by atoms with Gasteiger partial charge < -0.3 is 19.5 Å². The van der Waals surface area contributed by atoms with Crippen LogP contribution in [0, 0.1) is 13.8 Å². The fraction of sp³-hybridized carbons (Fsp3) is 0.368. The summed E-state index contributed by atoms with van der Waals surface area (Å²) in [7, 11) is 0. The molecular weight excluding hydrogens is 354 g/mol. The van der Waals surface area contributed by atoms with E-state index in [1.165, 1.54) is 11.3 Å². The van der Waals surface area contributed by atoms with E-state index >= 15 is 0 Å². The molecule has 1 N–H and O–H groups in total. The minimum Gasteiger partial charge on any atom is -0.490 e. The zero-order valence-corrected chi connectivity index (χ0v) is 15.8. The maximum atomic E-state index is 12.7. The van der Waals surface area contributed by atoms with Crippen LogP contribution in [0.2, 0.25) is 0 Å². The third kappa shape index (κ3) is 3.67. The summed E-state index contributed by atoms with van der Waals surface area (Å²) in [5, 5.41) is 3.33. The van der Waals surface area contributed by atoms with Crippen LogP contribution in [-0.2, 0) is 4.74 Å². The highest BCUT2D eigenvalue weighted by Gasteiger charge is 2.23. The van der Waals surface area contributed by atoms with Gasteiger partial charge in [-0.3, -0.25) is 4.79 Å². The fourth-order valence-corrected chi connectivity index (χ4v) is 3.69. The van der Waals surface area contributed by atoms with Gasteiger partial charge in [0.2, 0.25) is 0 Å². The first-order valence-corrected chi connectivity index (χ1v) is 9.31. The van der Waals surface area contributed by atoms with Gasteiger partial charge >= 0.3 is 5.97 Å². The molecule has 1 aromatic carbocycles. The number of nitrogens with one attached hydrogen (secondary N) is 1. The number of carbonyl (C=O) groups is 2. The smallest absolute Gasteiger partial charge is 0.341 e. The van der Waals surface area contributed by atoms with Gasteiger partial charge in [-0.15, -0.1) is 11.3 Å². The number of esters is 1. The van der Waals surface area contributed by atoms with Crippen molar-refractivity contribution in [3.63, 3.8) is 0 Å². The Morgan fingerprint density at radius 2 is 1.92 bits per heavy atom. The van der Waals surface area contributed by atoms with E-state index in [0.717, 1.165) is 16.9 Å². The van der Waals surface area contributed by atoms with Gasteiger partial charge in [0.25, 0.3) is 5.91 Å². The van der Waals surface area contributed by atoms with Crippen molar-refractivity contribution < 1.29 is 23.8 Å². The lowest BCUT2D eigenvalue weighted by Gasteiger charge is -2.10. The Bertz CT molecular complexity index is 843. The quantitative estimate of drug-likeness (QED) is 0.819. The van der Waals surface area contributed by atoms with Crippen molar-refractivity contribution in [2.24, 2.45) is 0 Å². The first-order valence-electron chi connectivity index (χ1n) is 8.49. The molecular formula is C19H21NO5S. The molecule has 0 fully saturated rings. The Morgan fingerprint density at radius 1 is 1.19 bits per heavy atom. The molecule has 2 heterocycles. The fourth-order valence-electron chi connectivity index (χ4n) is 2.64. The summed E-state index contributed by atoms with van der Waals surface area (Å²) in [6, 6.07) is 5.07. The van der Waals surface area contributed by atoms with Crippen LogP contribution in [0.3, 0.4) is 0 Å². The number of rotatable bonds is 4. The van der Waals surface area contributed by atoms with E-state index in [2.05, 4.69) is 5.32 Å². The molecule has 0 aliphatic carbocycles. The number of carbonyl (C=O) groups excluding carboxylic acids is 2. The summed E-state index contributed by atoms with van der Waals surface area (Å²) in [4.78, 5) is 25.9. The third-order valence-corrected chi connectivity index (χ3v) is 5.22. The molecule has 138 valence electrons. The lowest BCUT2D eigenvalue weighted by molar-refractivity contribution is 0.0527. The molecule has 0 bridgehead atoms. The maximum Gasteiger partial charge on any atom is 0.341 e. The Kier molecular flexibility index (Phi) is 5.46. The molecule has 7 heteroatoms. The summed E-state index contributed by atoms with van der Waals surface area (Å²) in [6.07, 6.45) is 0.798. The van der Waals surface area contributed by atoms with Crippen LogP contribution < -0.4 is 14.8 Å². The van der Waals surface area contributed by atoms with E-state index in [1.54, 1.807) is 25.1 Å². The molecule has 0 saturated carbocycles. The average molecular weight is 375 g/mol. The molecule has 0 radical (unpaired) electrons. The average Bonchev–Trinajstić information content (AvgIpc) is 2.78. The summed E-state index contributed by atoms with van der Waals surface area (Å²) < 4.78 is 16.3. The largest absolute Gasteiger partial charge is 0.490 e. The van der Waals surface area contributed by atoms with Crippen LogP contribution in [0.15, 0.2) is 18.2 Å². The van der Waals surface area contributed by atoms with Gasteiger partial charge in [-0.05, 0) is 44.5 Å². The lowest BCUT2D eigenvalue weighted by Crippen LogP contribution is -2.15. The molecule has 0 saturated heterocycles. The van der Waals surface area contributed by atoms with Crippen LogP contribution in [0.5, 0.6) is 11.5 Å². The van der Waals surface area contributed by atoms with E-state index in [-0.39, 0.29) is 12.5 Å². The maximum absolute atomic E-state index is 12.7. The summed E-state index contributed by atoms with van der Waals surface area (Å²) in [5.41, 5.74) is 1.67. The normalized spacial score (nSPS) is 13.0. The van der Waals surface area contributed by atoms with Crippen LogP contribution in [0.4, 0.5) is 5.00 Å². The number of aryl methyl sites for hydroxylation is 1. The minimum absolute atomic E-state index is 0.280. The molecule has 1 aliphatic heterocycles. The Hall–Kier alpha value is -2.54. The Balaban J connectivity index is 1.86. The summed E-state index contributed by atoms with van der Waals surface area (Å²) in [6.45, 7) is 6.93. The van der Waals surface area contributed by atoms with Gasteiger partial charge in [0.1, 0.15) is 5.00 Å². The van der Waals surface area contributed by atoms with Crippen molar-refractivity contribution in [2.45, 2.75) is 27.2 Å². The van der Waals surface area contributed by atoms with Crippen molar-refractivity contribution >= 4 is 28.2 Å². The molecule has 0 atom stereocenters. The molecule has 2 aromatic rings. The number of fused-ring (bicyclic) bond motifs is 1. The van der Waals surface area contributed by atoms with E-state index in [9.17, 15) is 9.59 Å². The van der Waals surface area contributed by atoms with Crippen molar-refractivity contribution in [3.8, 4) is 11.5 Å². The first-order chi connectivity index (χ1) is 12.5. The molecule has 1 amide bonds. The topological polar surface area (TPSA) is 73.9 Å². The number of hydrogen-bond acceptors (Lipinski definition) is 6. The second-order valence-electron chi connectivity index (χ2n) is 5.87. The number of amides is 1. The van der Waals surface area contributed by atoms with Crippen molar-refractivity contribution in [1.82, 2.24) is 0 Å². The minimum atomic E-state index is -0.427. The van der Waals surface area contributed by atoms with Crippen molar-refractivity contribution in [2.75, 3.05) is 25.1 Å². The summed E-state index contributed by atoms with van der Waals surface area (Å²) in [5.74, 6) is 0.448. The third-order valence-electron chi connectivity index (χ3n) is 4.10. The van der Waals surface area contributed by atoms with E-state index in [4.69, 9.17) is 14.2 Å². The van der Waals surface area contributed by atoms with Gasteiger partial charge in [0, 0.05) is 16.9 Å². The molecule has 1 aliphatic rings. The number of ether oxygens (including phenoxy) is 3. The standard InChI is InChI=1S/C19H21NO5S/c1-4-23-19(22)16-11(2)12(3)26-18(16)20-17(21)13-6-7-14-15(10-13)25-9-5-8-24-14/h6-7,10H,4-5,8-9H2,1-3H3,(H,20,21). The van der Waals surface area contributed by atoms with Crippen LogP contribution >= 0.6 is 11.3 Å². The highest BCUT2D eigenvalue weighted by molar-refractivity contribution is 7.16. The van der Waals surface area contributed by atoms with Gasteiger partial charge in [-0.25, -0.2) is 4.79 Å². The van der Waals surface area contributed by atoms with E-state index < -0.39 is 5.97 Å². The highest BCUT2D eigenvalue weighted by Crippen LogP contribution is 2.34. The van der Waals surface area contributed by atoms with Crippen molar-refractivity contribution in [1.29, 1.82) is 0 Å². The molecule has 6 nitrogen and oxygen atoms in total. The predicted molar refractivity (Wildman–Crippen MR) is 99.8 cm³/mol. The first kappa shape index (κ1) is 18.3. The zero-order valence-electron chi connectivity index (χ0n) is 15.0. The molecule has 0 spiro atoms. The second-order valence-corrected chi connectivity index (χ2v) is 7.10. The van der Waals surface area contributed by atoms with Crippen LogP contribution in [0.25, 0.3) is 0 Å². The van der Waals surface area contributed by atoms with Crippen LogP contribution in [0.1, 0.15) is 44.5 Å². The molecule has 26 heavy (non-hydrogen) atoms. The molecule has 0 unspecified atom stereocenters. The van der Waals surface area contributed by atoms with Gasteiger partial charge in [0.05, 0.1) is 25.4 Å². The highest BCUT2D eigenvalue weighted by atomic mass is 32.1. The summed E-state index contributed by atoms with van der Waals surface area (Å²) >= 11 is 1.36. The van der Waals surface area contributed by atoms with Gasteiger partial charge in [-0.2, -0.15) is 0 Å². The van der Waals surface area contributed by atoms with Crippen molar-refractivity contribution in [3.05, 3.63) is 39.8 Å². The molecule has 1 aromatic heterocycles. The lowest BCUT2D eigenvalue weighted by atomic mass is 10.1. The SMILES string of the molecule is CCOC(=O)c1c(NC(=O)c2ccc3c(c2)OCCCO3)sc(C)c1C. The molecule has 3 rings (SSSR count). The second kappa shape index (κ2) is 7.78.